The molecule has 0 fully saturated rings. The molecule has 1 rings (SSSR count). The molecule has 0 saturated heterocycles. The second kappa shape index (κ2) is 6.65. The molecule has 108 valence electrons. The lowest BCUT2D eigenvalue weighted by molar-refractivity contribution is -0.126. The van der Waals surface area contributed by atoms with Gasteiger partial charge in [0.25, 0.3) is 0 Å². The van der Waals surface area contributed by atoms with Crippen molar-refractivity contribution in [1.82, 2.24) is 10.3 Å². The van der Waals surface area contributed by atoms with Crippen LogP contribution in [0.25, 0.3) is 0 Å². The van der Waals surface area contributed by atoms with Gasteiger partial charge in [0.1, 0.15) is 11.7 Å². The van der Waals surface area contributed by atoms with Crippen molar-refractivity contribution in [2.45, 2.75) is 26.8 Å². The van der Waals surface area contributed by atoms with Crippen LogP contribution in [0.1, 0.15) is 31.3 Å². The quantitative estimate of drug-likeness (QED) is 0.741. The predicted molar refractivity (Wildman–Crippen MR) is 72.3 cm³/mol. The van der Waals surface area contributed by atoms with Gasteiger partial charge in [-0.1, -0.05) is 13.8 Å². The molecule has 1 atom stereocenters. The first-order chi connectivity index (χ1) is 9.31. The summed E-state index contributed by atoms with van der Waals surface area (Å²) in [6, 6.07) is 2.05. The maximum absolute atomic E-state index is 12.1. The number of nitrogens with one attached hydrogen (secondary N) is 2. The second-order valence-electron chi connectivity index (χ2n) is 4.65. The van der Waals surface area contributed by atoms with E-state index >= 15 is 0 Å². The summed E-state index contributed by atoms with van der Waals surface area (Å²) >= 11 is 0. The Kier molecular flexibility index (Phi) is 5.19. The highest BCUT2D eigenvalue weighted by atomic mass is 16.4. The Morgan fingerprint density at radius 3 is 2.45 bits per heavy atom. The normalized spacial score (nSPS) is 11.8. The van der Waals surface area contributed by atoms with Crippen molar-refractivity contribution in [3.05, 3.63) is 24.0 Å². The van der Waals surface area contributed by atoms with E-state index in [9.17, 15) is 14.4 Å². The van der Waals surface area contributed by atoms with Gasteiger partial charge in [-0.2, -0.15) is 0 Å². The molecule has 0 aliphatic rings. The molecule has 7 nitrogen and oxygen atoms in total. The van der Waals surface area contributed by atoms with Gasteiger partial charge in [-0.25, -0.2) is 9.78 Å². The summed E-state index contributed by atoms with van der Waals surface area (Å²) in [7, 11) is 0. The zero-order chi connectivity index (χ0) is 15.3. The second-order valence-corrected chi connectivity index (χ2v) is 4.65. The molecule has 1 aromatic heterocycles. The molecule has 2 amide bonds. The van der Waals surface area contributed by atoms with Gasteiger partial charge in [0.15, 0.2) is 0 Å². The first-order valence-corrected chi connectivity index (χ1v) is 6.08. The summed E-state index contributed by atoms with van der Waals surface area (Å²) < 4.78 is 0. The fraction of sp³-hybridized carbons (Fsp3) is 0.385. The van der Waals surface area contributed by atoms with Crippen molar-refractivity contribution in [2.75, 3.05) is 5.32 Å². The predicted octanol–water partition coefficient (Wildman–Crippen LogP) is 0.879. The minimum absolute atomic E-state index is 0.0975. The third kappa shape index (κ3) is 4.34. The summed E-state index contributed by atoms with van der Waals surface area (Å²) in [6.07, 6.45) is 1.29. The Hall–Kier alpha value is -2.44. The number of amides is 2. The van der Waals surface area contributed by atoms with Crippen LogP contribution in [-0.2, 0) is 9.59 Å². The Labute approximate surface area is 116 Å². The van der Waals surface area contributed by atoms with E-state index in [1.807, 2.05) is 0 Å². The number of carbonyl (C=O) groups excluding carboxylic acids is 2. The number of aromatic nitrogens is 1. The molecule has 0 spiro atoms. The van der Waals surface area contributed by atoms with Gasteiger partial charge in [0.2, 0.25) is 11.8 Å². The first kappa shape index (κ1) is 15.6. The Balaban J connectivity index is 2.85. The van der Waals surface area contributed by atoms with E-state index in [4.69, 9.17) is 5.11 Å². The molecule has 3 N–H and O–H groups in total. The molecule has 0 saturated carbocycles. The summed E-state index contributed by atoms with van der Waals surface area (Å²) in [6.45, 7) is 4.93. The minimum Gasteiger partial charge on any atom is -0.477 e. The molecule has 1 unspecified atom stereocenters. The van der Waals surface area contributed by atoms with Gasteiger partial charge >= 0.3 is 5.97 Å². The van der Waals surface area contributed by atoms with E-state index in [-0.39, 0.29) is 17.5 Å². The van der Waals surface area contributed by atoms with Crippen LogP contribution in [0.2, 0.25) is 0 Å². The van der Waals surface area contributed by atoms with E-state index in [0.717, 1.165) is 0 Å². The van der Waals surface area contributed by atoms with Crippen LogP contribution in [0.3, 0.4) is 0 Å². The highest BCUT2D eigenvalue weighted by Gasteiger charge is 2.23. The molecule has 20 heavy (non-hydrogen) atoms. The van der Waals surface area contributed by atoms with Gasteiger partial charge in [-0.05, 0) is 18.1 Å². The SMILES string of the molecule is CC(=O)NC(C(=O)Nc1ccnc(C(=O)O)c1)C(C)C. The Bertz CT molecular complexity index is 528. The molecule has 0 radical (unpaired) electrons. The fourth-order valence-electron chi connectivity index (χ4n) is 1.60. The number of nitrogens with zero attached hydrogens (tertiary/aromatic N) is 1. The maximum atomic E-state index is 12.1. The van der Waals surface area contributed by atoms with Crippen LogP contribution in [-0.4, -0.2) is 33.9 Å². The monoisotopic (exact) mass is 279 g/mol. The third-order valence-corrected chi connectivity index (χ3v) is 2.55. The largest absolute Gasteiger partial charge is 0.477 e. The lowest BCUT2D eigenvalue weighted by atomic mass is 10.0. The number of carboxylic acids is 1. The number of carbonyl (C=O) groups is 3. The van der Waals surface area contributed by atoms with E-state index < -0.39 is 17.9 Å². The van der Waals surface area contributed by atoms with Crippen LogP contribution >= 0.6 is 0 Å². The number of hydrogen-bond donors (Lipinski definition) is 3. The molecule has 1 aromatic rings. The lowest BCUT2D eigenvalue weighted by Gasteiger charge is -2.20. The summed E-state index contributed by atoms with van der Waals surface area (Å²) in [5.74, 6) is -1.99. The number of aromatic carboxylic acids is 1. The van der Waals surface area contributed by atoms with Gasteiger partial charge in [-0.3, -0.25) is 9.59 Å². The zero-order valence-electron chi connectivity index (χ0n) is 11.5. The van der Waals surface area contributed by atoms with Crippen LogP contribution < -0.4 is 10.6 Å². The molecule has 0 aromatic carbocycles. The van der Waals surface area contributed by atoms with Crippen molar-refractivity contribution in [3.8, 4) is 0 Å². The molecule has 1 heterocycles. The number of pyridine rings is 1. The summed E-state index contributed by atoms with van der Waals surface area (Å²) in [5, 5.41) is 13.9. The van der Waals surface area contributed by atoms with E-state index in [0.29, 0.717) is 5.69 Å². The van der Waals surface area contributed by atoms with E-state index in [1.54, 1.807) is 13.8 Å². The number of anilines is 1. The van der Waals surface area contributed by atoms with Gasteiger partial charge in [0, 0.05) is 18.8 Å². The van der Waals surface area contributed by atoms with Crippen LogP contribution in [0.4, 0.5) is 5.69 Å². The Morgan fingerprint density at radius 1 is 1.30 bits per heavy atom. The highest BCUT2D eigenvalue weighted by Crippen LogP contribution is 2.11. The maximum Gasteiger partial charge on any atom is 0.354 e. The van der Waals surface area contributed by atoms with E-state index in [1.165, 1.54) is 25.3 Å². The standard InChI is InChI=1S/C13H17N3O4/c1-7(2)11(15-8(3)17)12(18)16-9-4-5-14-10(6-9)13(19)20/h4-7,11H,1-3H3,(H,15,17)(H,19,20)(H,14,16,18). The minimum atomic E-state index is -1.18. The van der Waals surface area contributed by atoms with Gasteiger partial charge in [0.05, 0.1) is 0 Å². The third-order valence-electron chi connectivity index (χ3n) is 2.55. The Morgan fingerprint density at radius 2 is 1.95 bits per heavy atom. The number of carboxylic acid groups (broad SMARTS) is 1. The molecular weight excluding hydrogens is 262 g/mol. The van der Waals surface area contributed by atoms with Crippen molar-refractivity contribution in [2.24, 2.45) is 5.92 Å². The van der Waals surface area contributed by atoms with Crippen molar-refractivity contribution >= 4 is 23.5 Å². The smallest absolute Gasteiger partial charge is 0.354 e. The van der Waals surface area contributed by atoms with E-state index in [2.05, 4.69) is 15.6 Å². The van der Waals surface area contributed by atoms with Crippen molar-refractivity contribution < 1.29 is 19.5 Å². The van der Waals surface area contributed by atoms with Crippen molar-refractivity contribution in [3.63, 3.8) is 0 Å². The van der Waals surface area contributed by atoms with Crippen LogP contribution in [0.5, 0.6) is 0 Å². The topological polar surface area (TPSA) is 108 Å². The fourth-order valence-corrected chi connectivity index (χ4v) is 1.60. The average Bonchev–Trinajstić information content (AvgIpc) is 2.35. The lowest BCUT2D eigenvalue weighted by Crippen LogP contribution is -2.46. The molecule has 0 bridgehead atoms. The summed E-state index contributed by atoms with van der Waals surface area (Å²) in [4.78, 5) is 37.6. The first-order valence-electron chi connectivity index (χ1n) is 6.08. The number of hydrogen-bond acceptors (Lipinski definition) is 4. The average molecular weight is 279 g/mol. The zero-order valence-corrected chi connectivity index (χ0v) is 11.5. The number of rotatable bonds is 5. The van der Waals surface area contributed by atoms with Crippen LogP contribution in [0, 0.1) is 5.92 Å². The molecule has 7 heteroatoms. The van der Waals surface area contributed by atoms with Crippen molar-refractivity contribution in [1.29, 1.82) is 0 Å². The molecule has 0 aliphatic carbocycles. The highest BCUT2D eigenvalue weighted by molar-refractivity contribution is 5.98. The van der Waals surface area contributed by atoms with Gasteiger partial charge in [-0.15, -0.1) is 0 Å². The molecular formula is C13H17N3O4. The molecule has 0 aliphatic heterocycles. The van der Waals surface area contributed by atoms with Gasteiger partial charge < -0.3 is 15.7 Å². The summed E-state index contributed by atoms with van der Waals surface area (Å²) in [5.41, 5.74) is 0.154. The van der Waals surface area contributed by atoms with Crippen LogP contribution in [0.15, 0.2) is 18.3 Å².